The van der Waals surface area contributed by atoms with Gasteiger partial charge in [0.25, 0.3) is 5.91 Å². The van der Waals surface area contributed by atoms with Crippen molar-refractivity contribution in [2.45, 2.75) is 26.0 Å². The number of ether oxygens (including phenoxy) is 1. The van der Waals surface area contributed by atoms with Crippen LogP contribution in [0.25, 0.3) is 22.6 Å². The molecule has 0 spiro atoms. The van der Waals surface area contributed by atoms with Gasteiger partial charge in [-0.15, -0.1) is 0 Å². The predicted molar refractivity (Wildman–Crippen MR) is 141 cm³/mol. The van der Waals surface area contributed by atoms with Crippen LogP contribution in [0, 0.1) is 5.82 Å². The number of nitrogens with zero attached hydrogens (tertiary/aromatic N) is 2. The number of hydrogen-bond donors (Lipinski definition) is 2. The molecule has 2 amide bonds. The van der Waals surface area contributed by atoms with Gasteiger partial charge in [0, 0.05) is 24.3 Å². The van der Waals surface area contributed by atoms with E-state index in [0.29, 0.717) is 22.9 Å². The van der Waals surface area contributed by atoms with Crippen molar-refractivity contribution in [1.29, 1.82) is 0 Å². The van der Waals surface area contributed by atoms with E-state index in [1.165, 1.54) is 36.3 Å². The minimum Gasteiger partial charge on any atom is -0.367 e. The lowest BCUT2D eigenvalue weighted by atomic mass is 10.1. The molecule has 1 aromatic heterocycles. The number of anilines is 1. The van der Waals surface area contributed by atoms with Crippen LogP contribution in [0.1, 0.15) is 25.5 Å². The Morgan fingerprint density at radius 2 is 1.54 bits per heavy atom. The maximum atomic E-state index is 13.4. The maximum absolute atomic E-state index is 13.4. The summed E-state index contributed by atoms with van der Waals surface area (Å²) in [5.41, 5.74) is 2.91. The van der Waals surface area contributed by atoms with E-state index in [0.717, 1.165) is 11.1 Å². The van der Waals surface area contributed by atoms with E-state index in [9.17, 15) is 14.0 Å². The van der Waals surface area contributed by atoms with Crippen molar-refractivity contribution in [2.24, 2.45) is 0 Å². The highest BCUT2D eigenvalue weighted by Gasteiger charge is 2.29. The minimum atomic E-state index is -0.967. The second-order valence-electron chi connectivity index (χ2n) is 8.82. The summed E-state index contributed by atoms with van der Waals surface area (Å²) in [6.45, 7) is 3.43. The largest absolute Gasteiger partial charge is 0.367 e. The van der Waals surface area contributed by atoms with E-state index in [1.807, 2.05) is 74.5 Å². The van der Waals surface area contributed by atoms with Crippen LogP contribution in [0.4, 0.5) is 10.2 Å². The number of carbonyl (C=O) groups is 2. The molecule has 3 aromatic carbocycles. The summed E-state index contributed by atoms with van der Waals surface area (Å²) in [5, 5.41) is 2.88. The van der Waals surface area contributed by atoms with E-state index in [4.69, 9.17) is 4.74 Å². The number of benzene rings is 3. The van der Waals surface area contributed by atoms with E-state index in [-0.39, 0.29) is 12.6 Å². The molecule has 2 N–H and O–H groups in total. The molecule has 7 nitrogen and oxygen atoms in total. The zero-order chi connectivity index (χ0) is 26.4. The summed E-state index contributed by atoms with van der Waals surface area (Å²) in [6.07, 6.45) is -0.967. The van der Waals surface area contributed by atoms with Crippen LogP contribution in [-0.2, 0) is 14.3 Å². The van der Waals surface area contributed by atoms with E-state index >= 15 is 0 Å². The number of nitrogens with one attached hydrogen (secondary N) is 2. The van der Waals surface area contributed by atoms with Gasteiger partial charge >= 0.3 is 0 Å². The Bertz CT molecular complexity index is 1340. The highest BCUT2D eigenvalue weighted by molar-refractivity contribution is 5.97. The zero-order valence-corrected chi connectivity index (χ0v) is 20.9. The van der Waals surface area contributed by atoms with Crippen molar-refractivity contribution in [3.8, 4) is 22.6 Å². The van der Waals surface area contributed by atoms with Crippen LogP contribution >= 0.6 is 0 Å². The Hall–Kier alpha value is -4.30. The number of aromatic amines is 1. The van der Waals surface area contributed by atoms with Gasteiger partial charge in [0.2, 0.25) is 5.91 Å². The van der Waals surface area contributed by atoms with Gasteiger partial charge in [0.05, 0.1) is 5.69 Å². The number of H-pyrrole nitrogens is 1. The van der Waals surface area contributed by atoms with E-state index in [1.54, 1.807) is 0 Å². The number of amides is 2. The molecule has 0 radical (unpaired) electrons. The lowest BCUT2D eigenvalue weighted by Gasteiger charge is -2.29. The molecule has 0 saturated heterocycles. The molecule has 1 heterocycles. The zero-order valence-electron chi connectivity index (χ0n) is 20.9. The summed E-state index contributed by atoms with van der Waals surface area (Å²) in [5.74, 6) is -0.224. The fourth-order valence-electron chi connectivity index (χ4n) is 4.02. The van der Waals surface area contributed by atoms with Gasteiger partial charge < -0.3 is 19.9 Å². The molecule has 0 aliphatic rings. The molecule has 0 fully saturated rings. The maximum Gasteiger partial charge on any atom is 0.257 e. The molecular formula is C29H29FN4O3. The van der Waals surface area contributed by atoms with Crippen LogP contribution in [0.5, 0.6) is 0 Å². The fourth-order valence-corrected chi connectivity index (χ4v) is 4.02. The molecule has 0 aliphatic heterocycles. The highest BCUT2D eigenvalue weighted by Crippen LogP contribution is 2.29. The molecule has 1 unspecified atom stereocenters. The smallest absolute Gasteiger partial charge is 0.257 e. The Kier molecular flexibility index (Phi) is 8.10. The van der Waals surface area contributed by atoms with Crippen molar-refractivity contribution in [1.82, 2.24) is 14.9 Å². The van der Waals surface area contributed by atoms with Gasteiger partial charge in [-0.05, 0) is 31.5 Å². The standard InChI is InChI=1S/C29H29FN4O3/c1-19(2)34(29(36)26(37-3)21-14-16-23(30)17-15-21)18-24(35)31-28-25(20-10-6-4-7-11-20)32-27(33-28)22-12-8-5-9-13-22/h4-17,19,26H,18H2,1-3H3,(H,31,35)(H,32,33). The summed E-state index contributed by atoms with van der Waals surface area (Å²) in [4.78, 5) is 36.0. The van der Waals surface area contributed by atoms with Crippen molar-refractivity contribution >= 4 is 17.6 Å². The van der Waals surface area contributed by atoms with Gasteiger partial charge in [-0.2, -0.15) is 0 Å². The monoisotopic (exact) mass is 500 g/mol. The molecule has 4 aromatic rings. The molecule has 190 valence electrons. The average molecular weight is 501 g/mol. The number of carbonyl (C=O) groups excluding carboxylic acids is 2. The second kappa shape index (κ2) is 11.6. The highest BCUT2D eigenvalue weighted by atomic mass is 19.1. The molecule has 0 bridgehead atoms. The summed E-state index contributed by atoms with van der Waals surface area (Å²) < 4.78 is 18.8. The first kappa shape index (κ1) is 25.8. The minimum absolute atomic E-state index is 0.209. The van der Waals surface area contributed by atoms with E-state index in [2.05, 4.69) is 15.3 Å². The molecule has 1 atom stereocenters. The molecule has 0 aliphatic carbocycles. The second-order valence-corrected chi connectivity index (χ2v) is 8.82. The third kappa shape index (κ3) is 6.10. The van der Waals surface area contributed by atoms with Crippen molar-refractivity contribution < 1.29 is 18.7 Å². The number of imidazole rings is 1. The van der Waals surface area contributed by atoms with Crippen LogP contribution in [0.2, 0.25) is 0 Å². The first-order valence-electron chi connectivity index (χ1n) is 12.0. The molecular weight excluding hydrogens is 471 g/mol. The number of hydrogen-bond acceptors (Lipinski definition) is 4. The number of rotatable bonds is 9. The van der Waals surface area contributed by atoms with Gasteiger partial charge in [-0.25, -0.2) is 9.37 Å². The van der Waals surface area contributed by atoms with Gasteiger partial charge in [-0.1, -0.05) is 72.8 Å². The number of aromatic nitrogens is 2. The number of halogens is 1. The van der Waals surface area contributed by atoms with E-state index < -0.39 is 23.7 Å². The van der Waals surface area contributed by atoms with Crippen molar-refractivity contribution in [2.75, 3.05) is 19.0 Å². The predicted octanol–water partition coefficient (Wildman–Crippen LogP) is 5.45. The third-order valence-corrected chi connectivity index (χ3v) is 5.92. The summed E-state index contributed by atoms with van der Waals surface area (Å²) in [7, 11) is 1.41. The SMILES string of the molecule is COC(C(=O)N(CC(=O)Nc1nc(-c2ccccc2)[nH]c1-c1ccccc1)C(C)C)c1ccc(F)cc1. The molecule has 4 rings (SSSR count). The lowest BCUT2D eigenvalue weighted by molar-refractivity contribution is -0.146. The Labute approximate surface area is 215 Å². The fraction of sp³-hybridized carbons (Fsp3) is 0.207. The van der Waals surface area contributed by atoms with Crippen LogP contribution in [0.15, 0.2) is 84.9 Å². The summed E-state index contributed by atoms with van der Waals surface area (Å²) in [6, 6.07) is 24.4. The van der Waals surface area contributed by atoms with Crippen LogP contribution in [0.3, 0.4) is 0 Å². The first-order valence-corrected chi connectivity index (χ1v) is 12.0. The Morgan fingerprint density at radius 1 is 0.946 bits per heavy atom. The quantitative estimate of drug-likeness (QED) is 0.320. The third-order valence-electron chi connectivity index (χ3n) is 5.92. The first-order chi connectivity index (χ1) is 17.9. The van der Waals surface area contributed by atoms with Gasteiger partial charge in [0.15, 0.2) is 11.9 Å². The average Bonchev–Trinajstić information content (AvgIpc) is 3.33. The molecule has 37 heavy (non-hydrogen) atoms. The summed E-state index contributed by atoms with van der Waals surface area (Å²) >= 11 is 0. The van der Waals surface area contributed by atoms with Crippen molar-refractivity contribution in [3.05, 3.63) is 96.3 Å². The Balaban J connectivity index is 1.58. The molecule has 8 heteroatoms. The normalized spacial score (nSPS) is 11.8. The lowest BCUT2D eigenvalue weighted by Crippen LogP contribution is -2.45. The Morgan fingerprint density at radius 3 is 2.11 bits per heavy atom. The van der Waals surface area contributed by atoms with Gasteiger partial charge in [0.1, 0.15) is 18.2 Å². The van der Waals surface area contributed by atoms with Crippen LogP contribution < -0.4 is 5.32 Å². The van der Waals surface area contributed by atoms with Crippen LogP contribution in [-0.4, -0.2) is 46.4 Å². The van der Waals surface area contributed by atoms with Gasteiger partial charge in [-0.3, -0.25) is 9.59 Å². The van der Waals surface area contributed by atoms with Crippen molar-refractivity contribution in [3.63, 3.8) is 0 Å². The topological polar surface area (TPSA) is 87.3 Å². The number of methoxy groups -OCH3 is 1. The molecule has 0 saturated carbocycles.